The molecule has 98 valence electrons. The van der Waals surface area contributed by atoms with E-state index in [1.807, 2.05) is 0 Å². The minimum Gasteiger partial charge on any atom is -0.496 e. The van der Waals surface area contributed by atoms with E-state index in [0.717, 1.165) is 7.11 Å². The van der Waals surface area contributed by atoms with Crippen molar-refractivity contribution in [2.75, 3.05) is 14.2 Å². The normalized spacial score (nSPS) is 13.6. The lowest BCUT2D eigenvalue weighted by Gasteiger charge is -2.26. The van der Waals surface area contributed by atoms with Crippen molar-refractivity contribution in [3.05, 3.63) is 29.8 Å². The lowest BCUT2D eigenvalue weighted by molar-refractivity contribution is -0.166. The molecule has 0 heterocycles. The molecule has 18 heavy (non-hydrogen) atoms. The van der Waals surface area contributed by atoms with Crippen molar-refractivity contribution in [2.45, 2.75) is 18.9 Å². The largest absolute Gasteiger partial charge is 0.496 e. The predicted molar refractivity (Wildman–Crippen MR) is 64.2 cm³/mol. The molecule has 1 aromatic rings. The molecule has 0 aliphatic carbocycles. The van der Waals surface area contributed by atoms with Gasteiger partial charge >= 0.3 is 5.97 Å². The molecule has 0 aliphatic rings. The lowest BCUT2D eigenvalue weighted by atomic mass is 9.88. The monoisotopic (exact) mass is 252 g/mol. The molecular formula is C13H16O5. The van der Waals surface area contributed by atoms with Crippen LogP contribution in [0, 0.1) is 0 Å². The molecular weight excluding hydrogens is 236 g/mol. The summed E-state index contributed by atoms with van der Waals surface area (Å²) in [6.45, 7) is 1.29. The molecule has 0 bridgehead atoms. The van der Waals surface area contributed by atoms with Crippen LogP contribution in [-0.2, 0) is 19.9 Å². The van der Waals surface area contributed by atoms with Gasteiger partial charge in [-0.15, -0.1) is 0 Å². The summed E-state index contributed by atoms with van der Waals surface area (Å²) in [6, 6.07) is 6.47. The third kappa shape index (κ3) is 2.68. The van der Waals surface area contributed by atoms with E-state index in [4.69, 9.17) is 4.74 Å². The van der Waals surface area contributed by atoms with E-state index in [1.54, 1.807) is 18.2 Å². The van der Waals surface area contributed by atoms with Gasteiger partial charge in [-0.3, -0.25) is 4.79 Å². The van der Waals surface area contributed by atoms with E-state index >= 15 is 0 Å². The third-order valence-corrected chi connectivity index (χ3v) is 2.58. The zero-order valence-corrected chi connectivity index (χ0v) is 10.6. The number of carbonyl (C=O) groups is 2. The van der Waals surface area contributed by atoms with Gasteiger partial charge in [-0.05, 0) is 13.0 Å². The predicted octanol–water partition coefficient (Wildman–Crippen LogP) is 1.03. The van der Waals surface area contributed by atoms with E-state index in [0.29, 0.717) is 5.75 Å². The Kier molecular flexibility index (Phi) is 4.44. The van der Waals surface area contributed by atoms with Crippen LogP contribution in [0.5, 0.6) is 5.75 Å². The van der Waals surface area contributed by atoms with Crippen molar-refractivity contribution in [3.8, 4) is 5.75 Å². The van der Waals surface area contributed by atoms with Gasteiger partial charge in [0.05, 0.1) is 20.6 Å². The maximum atomic E-state index is 11.8. The summed E-state index contributed by atoms with van der Waals surface area (Å²) >= 11 is 0. The molecule has 0 aliphatic heterocycles. The first-order valence-electron chi connectivity index (χ1n) is 5.39. The van der Waals surface area contributed by atoms with Gasteiger partial charge in [0.1, 0.15) is 11.5 Å². The summed E-state index contributed by atoms with van der Waals surface area (Å²) in [5.74, 6) is -0.886. The number of rotatable bonds is 5. The zero-order chi connectivity index (χ0) is 13.8. The Hall–Kier alpha value is -1.88. The number of Topliss-reactive ketones (excluding diaryl/α,β-unsaturated/α-hetero) is 1. The highest BCUT2D eigenvalue weighted by molar-refractivity contribution is 5.89. The summed E-state index contributed by atoms with van der Waals surface area (Å²) in [5, 5.41) is 10.5. The van der Waals surface area contributed by atoms with Gasteiger partial charge in [0.15, 0.2) is 5.60 Å². The third-order valence-electron chi connectivity index (χ3n) is 2.58. The van der Waals surface area contributed by atoms with Crippen LogP contribution in [0.2, 0.25) is 0 Å². The Morgan fingerprint density at radius 3 is 2.39 bits per heavy atom. The van der Waals surface area contributed by atoms with E-state index in [2.05, 4.69) is 4.74 Å². The highest BCUT2D eigenvalue weighted by Crippen LogP contribution is 2.33. The molecule has 0 spiro atoms. The second-order valence-corrected chi connectivity index (χ2v) is 3.93. The number of methoxy groups -OCH3 is 2. The fraction of sp³-hybridized carbons (Fsp3) is 0.385. The maximum Gasteiger partial charge on any atom is 0.343 e. The van der Waals surface area contributed by atoms with Crippen molar-refractivity contribution in [1.29, 1.82) is 0 Å². The number of benzene rings is 1. The first-order chi connectivity index (χ1) is 8.45. The Morgan fingerprint density at radius 2 is 1.89 bits per heavy atom. The van der Waals surface area contributed by atoms with Gasteiger partial charge in [0.2, 0.25) is 0 Å². The second-order valence-electron chi connectivity index (χ2n) is 3.93. The van der Waals surface area contributed by atoms with Crippen LogP contribution in [0.3, 0.4) is 0 Å². The lowest BCUT2D eigenvalue weighted by Crippen LogP contribution is -2.39. The molecule has 1 atom stereocenters. The molecule has 1 rings (SSSR count). The number of ether oxygens (including phenoxy) is 2. The highest BCUT2D eigenvalue weighted by Gasteiger charge is 2.42. The van der Waals surface area contributed by atoms with Crippen molar-refractivity contribution < 1.29 is 24.2 Å². The second kappa shape index (κ2) is 5.64. The quantitative estimate of drug-likeness (QED) is 0.792. The first kappa shape index (κ1) is 14.2. The van der Waals surface area contributed by atoms with Crippen LogP contribution in [0.25, 0.3) is 0 Å². The molecule has 0 saturated heterocycles. The fourth-order valence-corrected chi connectivity index (χ4v) is 1.79. The summed E-state index contributed by atoms with van der Waals surface area (Å²) in [6.07, 6.45) is -0.361. The molecule has 5 nitrogen and oxygen atoms in total. The number of para-hydroxylation sites is 1. The first-order valence-corrected chi connectivity index (χ1v) is 5.39. The Balaban J connectivity index is 3.33. The number of hydrogen-bond acceptors (Lipinski definition) is 5. The van der Waals surface area contributed by atoms with Crippen LogP contribution >= 0.6 is 0 Å². The van der Waals surface area contributed by atoms with Gasteiger partial charge in [-0.1, -0.05) is 18.2 Å². The number of aliphatic hydroxyl groups is 1. The molecule has 1 unspecified atom stereocenters. The molecule has 1 N–H and O–H groups in total. The zero-order valence-electron chi connectivity index (χ0n) is 10.6. The van der Waals surface area contributed by atoms with Crippen molar-refractivity contribution in [2.24, 2.45) is 0 Å². The Labute approximate surface area is 105 Å². The minimum absolute atomic E-state index is 0.217. The number of esters is 1. The van der Waals surface area contributed by atoms with Gasteiger partial charge in [0.25, 0.3) is 0 Å². The smallest absolute Gasteiger partial charge is 0.343 e. The number of carbonyl (C=O) groups excluding carboxylic acids is 2. The summed E-state index contributed by atoms with van der Waals surface area (Å²) in [5.41, 5.74) is -1.80. The topological polar surface area (TPSA) is 72.8 Å². The van der Waals surface area contributed by atoms with Crippen LogP contribution in [0.1, 0.15) is 18.9 Å². The van der Waals surface area contributed by atoms with E-state index < -0.39 is 11.6 Å². The minimum atomic E-state index is -2.02. The Morgan fingerprint density at radius 1 is 1.28 bits per heavy atom. The van der Waals surface area contributed by atoms with Gasteiger partial charge in [-0.25, -0.2) is 4.79 Å². The number of hydrogen-bond donors (Lipinski definition) is 1. The molecule has 5 heteroatoms. The molecule has 0 saturated carbocycles. The van der Waals surface area contributed by atoms with Crippen molar-refractivity contribution in [1.82, 2.24) is 0 Å². The average molecular weight is 252 g/mol. The Bertz CT molecular complexity index is 454. The number of ketones is 1. The summed E-state index contributed by atoms with van der Waals surface area (Å²) in [7, 11) is 2.58. The average Bonchev–Trinajstić information content (AvgIpc) is 2.36. The molecule has 0 fully saturated rings. The SMILES string of the molecule is COC(=O)C(O)(CC(C)=O)c1ccccc1OC. The van der Waals surface area contributed by atoms with Crippen LogP contribution in [0.15, 0.2) is 24.3 Å². The fourth-order valence-electron chi connectivity index (χ4n) is 1.79. The van der Waals surface area contributed by atoms with Crippen LogP contribution in [-0.4, -0.2) is 31.1 Å². The van der Waals surface area contributed by atoms with Crippen molar-refractivity contribution in [3.63, 3.8) is 0 Å². The molecule has 0 aromatic heterocycles. The van der Waals surface area contributed by atoms with E-state index in [-0.39, 0.29) is 17.8 Å². The summed E-state index contributed by atoms with van der Waals surface area (Å²) in [4.78, 5) is 23.0. The van der Waals surface area contributed by atoms with Crippen molar-refractivity contribution >= 4 is 11.8 Å². The van der Waals surface area contributed by atoms with Crippen LogP contribution < -0.4 is 4.74 Å². The highest BCUT2D eigenvalue weighted by atomic mass is 16.5. The maximum absolute atomic E-state index is 11.8. The molecule has 1 aromatic carbocycles. The molecule has 0 amide bonds. The van der Waals surface area contributed by atoms with E-state index in [1.165, 1.54) is 20.1 Å². The van der Waals surface area contributed by atoms with Gasteiger partial charge in [0, 0.05) is 5.56 Å². The van der Waals surface area contributed by atoms with E-state index in [9.17, 15) is 14.7 Å². The summed E-state index contributed by atoms with van der Waals surface area (Å²) < 4.78 is 9.66. The standard InChI is InChI=1S/C13H16O5/c1-9(14)8-13(16,12(15)18-3)10-6-4-5-7-11(10)17-2/h4-7,16H,8H2,1-3H3. The van der Waals surface area contributed by atoms with Crippen LogP contribution in [0.4, 0.5) is 0 Å². The molecule has 0 radical (unpaired) electrons. The van der Waals surface area contributed by atoms with Gasteiger partial charge in [-0.2, -0.15) is 0 Å². The van der Waals surface area contributed by atoms with Gasteiger partial charge < -0.3 is 14.6 Å².